The Morgan fingerprint density at radius 2 is 1.97 bits per heavy atom. The van der Waals surface area contributed by atoms with Crippen LogP contribution in [0.25, 0.3) is 16.5 Å². The third-order valence-electron chi connectivity index (χ3n) is 6.02. The van der Waals surface area contributed by atoms with Crippen LogP contribution in [0.4, 0.5) is 0 Å². The van der Waals surface area contributed by atoms with E-state index in [1.54, 1.807) is 13.2 Å². The predicted molar refractivity (Wildman–Crippen MR) is 127 cm³/mol. The third kappa shape index (κ3) is 4.67. The van der Waals surface area contributed by atoms with Crippen LogP contribution in [0.3, 0.4) is 0 Å². The molecule has 1 amide bonds. The van der Waals surface area contributed by atoms with E-state index in [-0.39, 0.29) is 5.91 Å². The van der Waals surface area contributed by atoms with Crippen LogP contribution >= 0.6 is 0 Å². The van der Waals surface area contributed by atoms with Crippen LogP contribution in [-0.4, -0.2) is 26.2 Å². The number of amides is 1. The lowest BCUT2D eigenvalue weighted by Crippen LogP contribution is -2.24. The molecule has 5 heteroatoms. The van der Waals surface area contributed by atoms with E-state index in [1.165, 1.54) is 18.4 Å². The van der Waals surface area contributed by atoms with Gasteiger partial charge in [0.15, 0.2) is 0 Å². The fourth-order valence-corrected chi connectivity index (χ4v) is 4.43. The monoisotopic (exact) mass is 433 g/mol. The number of carbonyl (C=O) groups excluding carboxylic acids is 1. The molecule has 32 heavy (non-hydrogen) atoms. The molecule has 0 aliphatic heterocycles. The Hall–Kier alpha value is -3.21. The van der Waals surface area contributed by atoms with E-state index in [2.05, 4.69) is 11.4 Å². The maximum atomic E-state index is 12.6. The molecule has 0 unspecified atom stereocenters. The quantitative estimate of drug-likeness (QED) is 0.478. The second kappa shape index (κ2) is 9.94. The van der Waals surface area contributed by atoms with Gasteiger partial charge in [-0.25, -0.2) is 0 Å². The Labute approximate surface area is 189 Å². The van der Waals surface area contributed by atoms with Gasteiger partial charge in [0, 0.05) is 41.6 Å². The lowest BCUT2D eigenvalue weighted by molar-refractivity contribution is -0.116. The number of benzene rings is 2. The number of carbonyl (C=O) groups is 1. The minimum atomic E-state index is -0.117. The van der Waals surface area contributed by atoms with E-state index in [0.29, 0.717) is 19.6 Å². The summed E-state index contributed by atoms with van der Waals surface area (Å²) < 4.78 is 17.4. The van der Waals surface area contributed by atoms with Gasteiger partial charge in [-0.05, 0) is 62.8 Å². The molecule has 0 atom stereocenters. The average molecular weight is 434 g/mol. The molecular weight excluding hydrogens is 402 g/mol. The summed E-state index contributed by atoms with van der Waals surface area (Å²) in [5, 5.41) is 4.13. The van der Waals surface area contributed by atoms with E-state index < -0.39 is 0 Å². The van der Waals surface area contributed by atoms with Crippen molar-refractivity contribution in [3.05, 3.63) is 64.9 Å². The minimum absolute atomic E-state index is 0.117. The van der Waals surface area contributed by atoms with E-state index in [0.717, 1.165) is 57.8 Å². The second-order valence-electron chi connectivity index (χ2n) is 8.17. The standard InChI is InChI=1S/C27H31NO4/c1-4-31-25-17-26-22(20-10-6-8-12-24(20)32-26)16-21(25)18(2)15-27(29)28-14-13-19-9-5-7-11-23(19)30-3/h5,7,9,11,15-17H,4,6,8,10,12-14H2,1-3H3,(H,28,29)/b18-15+. The number of furan rings is 1. The number of hydrogen-bond donors (Lipinski definition) is 1. The van der Waals surface area contributed by atoms with Crippen molar-refractivity contribution in [1.82, 2.24) is 5.32 Å². The zero-order valence-corrected chi connectivity index (χ0v) is 19.1. The molecule has 5 nitrogen and oxygen atoms in total. The zero-order chi connectivity index (χ0) is 22.5. The van der Waals surface area contributed by atoms with Gasteiger partial charge in [-0.3, -0.25) is 4.79 Å². The summed E-state index contributed by atoms with van der Waals surface area (Å²) in [4.78, 5) is 12.6. The van der Waals surface area contributed by atoms with E-state index in [9.17, 15) is 4.79 Å². The van der Waals surface area contributed by atoms with E-state index in [4.69, 9.17) is 13.9 Å². The van der Waals surface area contributed by atoms with Crippen molar-refractivity contribution in [2.24, 2.45) is 0 Å². The van der Waals surface area contributed by atoms with Crippen molar-refractivity contribution < 1.29 is 18.7 Å². The molecule has 0 fully saturated rings. The molecule has 0 radical (unpaired) electrons. The number of ether oxygens (including phenoxy) is 2. The van der Waals surface area contributed by atoms with E-state index in [1.807, 2.05) is 44.2 Å². The summed E-state index contributed by atoms with van der Waals surface area (Å²) in [7, 11) is 1.66. The molecule has 2 aromatic carbocycles. The average Bonchev–Trinajstić information content (AvgIpc) is 3.16. The highest BCUT2D eigenvalue weighted by Crippen LogP contribution is 2.38. The number of fused-ring (bicyclic) bond motifs is 3. The smallest absolute Gasteiger partial charge is 0.244 e. The Morgan fingerprint density at radius 1 is 1.16 bits per heavy atom. The predicted octanol–water partition coefficient (Wildman–Crippen LogP) is 5.48. The summed E-state index contributed by atoms with van der Waals surface area (Å²) in [6.45, 7) is 5.01. The van der Waals surface area contributed by atoms with Gasteiger partial charge in [0.05, 0.1) is 13.7 Å². The van der Waals surface area contributed by atoms with Gasteiger partial charge in [-0.15, -0.1) is 0 Å². The lowest BCUT2D eigenvalue weighted by Gasteiger charge is -2.12. The molecule has 1 aliphatic rings. The van der Waals surface area contributed by atoms with Crippen LogP contribution < -0.4 is 14.8 Å². The van der Waals surface area contributed by atoms with Crippen molar-refractivity contribution in [2.45, 2.75) is 46.0 Å². The number of hydrogen-bond acceptors (Lipinski definition) is 4. The molecule has 168 valence electrons. The molecule has 1 heterocycles. The SMILES string of the molecule is CCOc1cc2oc3c(c2cc1/C(C)=C/C(=O)NCCc1ccccc1OC)CCCC3. The molecule has 1 aromatic heterocycles. The summed E-state index contributed by atoms with van der Waals surface area (Å²) in [6, 6.07) is 12.0. The highest BCUT2D eigenvalue weighted by Gasteiger charge is 2.20. The summed E-state index contributed by atoms with van der Waals surface area (Å²) in [6.07, 6.45) is 6.76. The lowest BCUT2D eigenvalue weighted by atomic mass is 9.94. The zero-order valence-electron chi connectivity index (χ0n) is 19.1. The Balaban J connectivity index is 1.52. The summed E-state index contributed by atoms with van der Waals surface area (Å²) in [5.74, 6) is 2.57. The number of para-hydroxylation sites is 1. The van der Waals surface area contributed by atoms with Crippen LogP contribution in [0, 0.1) is 0 Å². The van der Waals surface area contributed by atoms with Crippen molar-refractivity contribution in [2.75, 3.05) is 20.3 Å². The normalized spacial score (nSPS) is 13.7. The summed E-state index contributed by atoms with van der Waals surface area (Å²) in [5.41, 5.74) is 5.07. The molecule has 0 spiro atoms. The fraction of sp³-hybridized carbons (Fsp3) is 0.370. The number of aryl methyl sites for hydroxylation is 2. The Bertz CT molecular complexity index is 1140. The number of methoxy groups -OCH3 is 1. The Morgan fingerprint density at radius 3 is 2.78 bits per heavy atom. The molecule has 1 aliphatic carbocycles. The molecule has 0 saturated heterocycles. The van der Waals surface area contributed by atoms with Gasteiger partial charge in [0.1, 0.15) is 22.8 Å². The summed E-state index contributed by atoms with van der Waals surface area (Å²) >= 11 is 0. The van der Waals surface area contributed by atoms with Gasteiger partial charge in [-0.2, -0.15) is 0 Å². The van der Waals surface area contributed by atoms with Crippen LogP contribution in [0.1, 0.15) is 49.1 Å². The number of allylic oxidation sites excluding steroid dienone is 1. The minimum Gasteiger partial charge on any atom is -0.496 e. The van der Waals surface area contributed by atoms with Crippen molar-refractivity contribution in [1.29, 1.82) is 0 Å². The first kappa shape index (κ1) is 22.0. The number of rotatable bonds is 8. The molecule has 1 N–H and O–H groups in total. The molecule has 0 saturated carbocycles. The van der Waals surface area contributed by atoms with Gasteiger partial charge in [0.2, 0.25) is 5.91 Å². The molecule has 3 aromatic rings. The van der Waals surface area contributed by atoms with Crippen LogP contribution in [0.2, 0.25) is 0 Å². The van der Waals surface area contributed by atoms with Crippen molar-refractivity contribution >= 4 is 22.4 Å². The maximum Gasteiger partial charge on any atom is 0.244 e. The third-order valence-corrected chi connectivity index (χ3v) is 6.02. The Kier molecular flexibility index (Phi) is 6.84. The largest absolute Gasteiger partial charge is 0.496 e. The highest BCUT2D eigenvalue weighted by atomic mass is 16.5. The van der Waals surface area contributed by atoms with Gasteiger partial charge in [-0.1, -0.05) is 18.2 Å². The number of nitrogens with one attached hydrogen (secondary N) is 1. The van der Waals surface area contributed by atoms with Gasteiger partial charge < -0.3 is 19.2 Å². The van der Waals surface area contributed by atoms with Gasteiger partial charge >= 0.3 is 0 Å². The van der Waals surface area contributed by atoms with E-state index >= 15 is 0 Å². The maximum absolute atomic E-state index is 12.6. The van der Waals surface area contributed by atoms with Crippen molar-refractivity contribution in [3.63, 3.8) is 0 Å². The molecule has 4 rings (SSSR count). The highest BCUT2D eigenvalue weighted by molar-refractivity contribution is 5.97. The first-order valence-electron chi connectivity index (χ1n) is 11.4. The van der Waals surface area contributed by atoms with Crippen LogP contribution in [-0.2, 0) is 24.1 Å². The van der Waals surface area contributed by atoms with Crippen LogP contribution in [0.15, 0.2) is 46.9 Å². The second-order valence-corrected chi connectivity index (χ2v) is 8.17. The van der Waals surface area contributed by atoms with Gasteiger partial charge in [0.25, 0.3) is 0 Å². The molecule has 0 bridgehead atoms. The first-order chi connectivity index (χ1) is 15.6. The molecular formula is C27H31NO4. The first-order valence-corrected chi connectivity index (χ1v) is 11.4. The topological polar surface area (TPSA) is 60.7 Å². The van der Waals surface area contributed by atoms with Crippen molar-refractivity contribution in [3.8, 4) is 11.5 Å². The van der Waals surface area contributed by atoms with Crippen LogP contribution in [0.5, 0.6) is 11.5 Å². The fourth-order valence-electron chi connectivity index (χ4n) is 4.43.